The topological polar surface area (TPSA) is 63.2 Å². The van der Waals surface area contributed by atoms with Crippen LogP contribution in [0.2, 0.25) is 0 Å². The van der Waals surface area contributed by atoms with Crippen molar-refractivity contribution in [1.29, 1.82) is 0 Å². The minimum Gasteiger partial charge on any atom is -0.489 e. The normalized spacial score (nSPS) is 10.5. The van der Waals surface area contributed by atoms with Gasteiger partial charge in [-0.3, -0.25) is 4.79 Å². The van der Waals surface area contributed by atoms with Crippen LogP contribution in [0.1, 0.15) is 24.2 Å². The number of hydrogen-bond donors (Lipinski definition) is 2. The molecule has 27 heavy (non-hydrogen) atoms. The Labute approximate surface area is 157 Å². The van der Waals surface area contributed by atoms with Gasteiger partial charge in [0.2, 0.25) is 0 Å². The van der Waals surface area contributed by atoms with Crippen molar-refractivity contribution >= 4 is 23.1 Å². The van der Waals surface area contributed by atoms with Gasteiger partial charge in [-0.1, -0.05) is 24.3 Å². The van der Waals surface area contributed by atoms with Gasteiger partial charge in [0, 0.05) is 11.8 Å². The Kier molecular flexibility index (Phi) is 5.66. The van der Waals surface area contributed by atoms with Gasteiger partial charge in [-0.2, -0.15) is 0 Å². The van der Waals surface area contributed by atoms with Crippen LogP contribution in [-0.4, -0.2) is 17.0 Å². The van der Waals surface area contributed by atoms with E-state index in [1.807, 2.05) is 38.1 Å². The summed E-state index contributed by atoms with van der Waals surface area (Å²) in [4.78, 5) is 16.7. The second-order valence-corrected chi connectivity index (χ2v) is 6.15. The third-order valence-corrected chi connectivity index (χ3v) is 3.66. The minimum atomic E-state index is -0.488. The van der Waals surface area contributed by atoms with Crippen molar-refractivity contribution in [2.24, 2.45) is 0 Å². The Morgan fingerprint density at radius 2 is 1.74 bits per heavy atom. The number of para-hydroxylation sites is 3. The summed E-state index contributed by atoms with van der Waals surface area (Å²) in [6.07, 6.45) is 1.55. The predicted octanol–water partition coefficient (Wildman–Crippen LogP) is 5.00. The molecule has 0 aliphatic heterocycles. The number of anilines is 3. The highest BCUT2D eigenvalue weighted by Crippen LogP contribution is 2.27. The van der Waals surface area contributed by atoms with E-state index in [0.29, 0.717) is 17.1 Å². The van der Waals surface area contributed by atoms with Crippen molar-refractivity contribution in [3.05, 3.63) is 78.2 Å². The van der Waals surface area contributed by atoms with Crippen molar-refractivity contribution in [1.82, 2.24) is 4.98 Å². The van der Waals surface area contributed by atoms with Crippen LogP contribution in [0, 0.1) is 5.82 Å². The number of nitrogens with one attached hydrogen (secondary N) is 2. The minimum absolute atomic E-state index is 0.0267. The first-order valence-electron chi connectivity index (χ1n) is 8.57. The first-order chi connectivity index (χ1) is 13.0. The van der Waals surface area contributed by atoms with Gasteiger partial charge in [-0.15, -0.1) is 0 Å². The summed E-state index contributed by atoms with van der Waals surface area (Å²) >= 11 is 0. The molecule has 0 fully saturated rings. The van der Waals surface area contributed by atoms with Gasteiger partial charge in [0.25, 0.3) is 5.91 Å². The molecular weight excluding hydrogens is 345 g/mol. The maximum atomic E-state index is 13.7. The van der Waals surface area contributed by atoms with E-state index in [9.17, 15) is 9.18 Å². The van der Waals surface area contributed by atoms with Crippen LogP contribution in [0.15, 0.2) is 66.9 Å². The quantitative estimate of drug-likeness (QED) is 0.645. The summed E-state index contributed by atoms with van der Waals surface area (Å²) in [5.41, 5.74) is 1.23. The van der Waals surface area contributed by atoms with E-state index in [0.717, 1.165) is 5.69 Å². The van der Waals surface area contributed by atoms with Crippen LogP contribution in [0.5, 0.6) is 5.75 Å². The monoisotopic (exact) mass is 365 g/mol. The molecular formula is C21H20FN3O2. The third kappa shape index (κ3) is 4.82. The number of halogens is 1. The molecule has 0 radical (unpaired) electrons. The Morgan fingerprint density at radius 3 is 2.48 bits per heavy atom. The van der Waals surface area contributed by atoms with Gasteiger partial charge in [0.05, 0.1) is 17.5 Å². The van der Waals surface area contributed by atoms with Crippen LogP contribution < -0.4 is 15.4 Å². The fourth-order valence-corrected chi connectivity index (χ4v) is 2.46. The number of carbonyl (C=O) groups excluding carboxylic acids is 1. The molecule has 1 amide bonds. The summed E-state index contributed by atoms with van der Waals surface area (Å²) in [5, 5.41) is 5.72. The van der Waals surface area contributed by atoms with E-state index in [1.54, 1.807) is 24.3 Å². The van der Waals surface area contributed by atoms with Gasteiger partial charge in [0.1, 0.15) is 17.4 Å². The molecule has 0 saturated heterocycles. The van der Waals surface area contributed by atoms with E-state index < -0.39 is 11.7 Å². The number of nitrogens with zero attached hydrogens (tertiary/aromatic N) is 1. The Hall–Kier alpha value is -3.41. The molecule has 2 N–H and O–H groups in total. The summed E-state index contributed by atoms with van der Waals surface area (Å²) in [5.74, 6) is 0.266. The largest absolute Gasteiger partial charge is 0.489 e. The molecule has 1 heterocycles. The second-order valence-electron chi connectivity index (χ2n) is 6.15. The lowest BCUT2D eigenvalue weighted by molar-refractivity contribution is 0.102. The third-order valence-electron chi connectivity index (χ3n) is 3.66. The van der Waals surface area contributed by atoms with Gasteiger partial charge in [-0.05, 0) is 50.2 Å². The van der Waals surface area contributed by atoms with Crippen LogP contribution in [-0.2, 0) is 0 Å². The smallest absolute Gasteiger partial charge is 0.255 e. The highest BCUT2D eigenvalue weighted by atomic mass is 19.1. The lowest BCUT2D eigenvalue weighted by Crippen LogP contribution is -2.13. The summed E-state index contributed by atoms with van der Waals surface area (Å²) < 4.78 is 19.5. The Morgan fingerprint density at radius 1 is 1.04 bits per heavy atom. The molecule has 6 heteroatoms. The number of hydrogen-bond acceptors (Lipinski definition) is 4. The maximum absolute atomic E-state index is 13.7. The average Bonchev–Trinajstić information content (AvgIpc) is 2.65. The van der Waals surface area contributed by atoms with Gasteiger partial charge < -0.3 is 15.4 Å². The molecule has 0 unspecified atom stereocenters. The number of aromatic nitrogens is 1. The summed E-state index contributed by atoms with van der Waals surface area (Å²) in [6.45, 7) is 3.89. The molecule has 0 aliphatic carbocycles. The molecule has 138 valence electrons. The SMILES string of the molecule is CC(C)Oc1ccccc1Nc1cc(C(=O)Nc2ccccc2F)ccn1. The van der Waals surface area contributed by atoms with Gasteiger partial charge >= 0.3 is 0 Å². The van der Waals surface area contributed by atoms with Crippen LogP contribution in [0.4, 0.5) is 21.6 Å². The van der Waals surface area contributed by atoms with Crippen LogP contribution in [0.3, 0.4) is 0 Å². The number of pyridine rings is 1. The van der Waals surface area contributed by atoms with E-state index >= 15 is 0 Å². The first kappa shape index (κ1) is 18.4. The van der Waals surface area contributed by atoms with Crippen molar-refractivity contribution in [3.63, 3.8) is 0 Å². The Bertz CT molecular complexity index is 944. The molecule has 3 rings (SSSR count). The van der Waals surface area contributed by atoms with E-state index in [1.165, 1.54) is 18.3 Å². The van der Waals surface area contributed by atoms with E-state index in [2.05, 4.69) is 15.6 Å². The predicted molar refractivity (Wildman–Crippen MR) is 104 cm³/mol. The number of benzene rings is 2. The summed E-state index contributed by atoms with van der Waals surface area (Å²) in [7, 11) is 0. The summed E-state index contributed by atoms with van der Waals surface area (Å²) in [6, 6.07) is 16.7. The van der Waals surface area contributed by atoms with Crippen molar-refractivity contribution in [2.75, 3.05) is 10.6 Å². The standard InChI is InChI=1S/C21H20FN3O2/c1-14(2)27-19-10-6-5-9-18(19)24-20-13-15(11-12-23-20)21(26)25-17-8-4-3-7-16(17)22/h3-14H,1-2H3,(H,23,24)(H,25,26). The first-order valence-corrected chi connectivity index (χ1v) is 8.57. The zero-order chi connectivity index (χ0) is 19.2. The second kappa shape index (κ2) is 8.31. The fraction of sp³-hybridized carbons (Fsp3) is 0.143. The van der Waals surface area contributed by atoms with E-state index in [-0.39, 0.29) is 11.8 Å². The van der Waals surface area contributed by atoms with Gasteiger partial charge in [-0.25, -0.2) is 9.37 Å². The Balaban J connectivity index is 1.78. The van der Waals surface area contributed by atoms with E-state index in [4.69, 9.17) is 4.74 Å². The van der Waals surface area contributed by atoms with Crippen molar-refractivity contribution in [2.45, 2.75) is 20.0 Å². The zero-order valence-electron chi connectivity index (χ0n) is 15.1. The molecule has 0 saturated carbocycles. The zero-order valence-corrected chi connectivity index (χ0v) is 15.1. The highest BCUT2D eigenvalue weighted by Gasteiger charge is 2.11. The number of carbonyl (C=O) groups is 1. The molecule has 1 aromatic heterocycles. The fourth-order valence-electron chi connectivity index (χ4n) is 2.46. The van der Waals surface area contributed by atoms with Crippen molar-refractivity contribution in [3.8, 4) is 5.75 Å². The molecule has 0 spiro atoms. The number of rotatable bonds is 6. The lowest BCUT2D eigenvalue weighted by Gasteiger charge is -2.15. The number of ether oxygens (including phenoxy) is 1. The molecule has 0 bridgehead atoms. The average molecular weight is 365 g/mol. The molecule has 5 nitrogen and oxygen atoms in total. The molecule has 0 aliphatic rings. The van der Waals surface area contributed by atoms with Crippen LogP contribution in [0.25, 0.3) is 0 Å². The van der Waals surface area contributed by atoms with Crippen LogP contribution >= 0.6 is 0 Å². The lowest BCUT2D eigenvalue weighted by atomic mass is 10.2. The van der Waals surface area contributed by atoms with Gasteiger partial charge in [0.15, 0.2) is 0 Å². The molecule has 0 atom stereocenters. The molecule has 2 aromatic carbocycles. The number of amides is 1. The highest BCUT2D eigenvalue weighted by molar-refractivity contribution is 6.04. The van der Waals surface area contributed by atoms with Crippen molar-refractivity contribution < 1.29 is 13.9 Å². The molecule has 3 aromatic rings. The maximum Gasteiger partial charge on any atom is 0.255 e.